The lowest BCUT2D eigenvalue weighted by atomic mass is 10.2. The van der Waals surface area contributed by atoms with Crippen molar-refractivity contribution >= 4 is 31.9 Å². The van der Waals surface area contributed by atoms with Crippen molar-refractivity contribution in [3.8, 4) is 12.3 Å². The van der Waals surface area contributed by atoms with Gasteiger partial charge in [0.15, 0.2) is 0 Å². The van der Waals surface area contributed by atoms with E-state index >= 15 is 0 Å². The molecular formula is C13H15BrN2O3S. The van der Waals surface area contributed by atoms with Gasteiger partial charge in [-0.25, -0.2) is 13.6 Å². The van der Waals surface area contributed by atoms with Crippen LogP contribution >= 0.6 is 15.9 Å². The predicted octanol–water partition coefficient (Wildman–Crippen LogP) is 1.58. The Morgan fingerprint density at radius 1 is 1.45 bits per heavy atom. The summed E-state index contributed by atoms with van der Waals surface area (Å²) in [6, 6.07) is 4.13. The lowest BCUT2D eigenvalue weighted by Crippen LogP contribution is -2.32. The summed E-state index contributed by atoms with van der Waals surface area (Å²) in [5.74, 6) is 2.09. The fraction of sp³-hybridized carbons (Fsp3) is 0.308. The molecule has 0 saturated carbocycles. The Kier molecular flexibility index (Phi) is 5.74. The van der Waals surface area contributed by atoms with E-state index in [2.05, 4.69) is 21.9 Å². The number of amides is 1. The number of nitrogens with zero attached hydrogens (tertiary/aromatic N) is 1. The molecule has 0 unspecified atom stereocenters. The van der Waals surface area contributed by atoms with E-state index in [0.29, 0.717) is 11.0 Å². The summed E-state index contributed by atoms with van der Waals surface area (Å²) in [7, 11) is -3.87. The second-order valence-corrected chi connectivity index (χ2v) is 6.63. The molecule has 1 aromatic rings. The summed E-state index contributed by atoms with van der Waals surface area (Å²) in [4.78, 5) is 13.7. The van der Waals surface area contributed by atoms with Gasteiger partial charge in [-0.15, -0.1) is 6.42 Å². The zero-order valence-electron chi connectivity index (χ0n) is 11.0. The van der Waals surface area contributed by atoms with Gasteiger partial charge < -0.3 is 4.90 Å². The van der Waals surface area contributed by atoms with Crippen LogP contribution in [0.25, 0.3) is 0 Å². The molecule has 0 heterocycles. The number of sulfonamides is 1. The summed E-state index contributed by atoms with van der Waals surface area (Å²) < 4.78 is 23.2. The minimum Gasteiger partial charge on any atom is -0.328 e. The molecule has 1 rings (SSSR count). The van der Waals surface area contributed by atoms with E-state index in [-0.39, 0.29) is 22.9 Å². The minimum absolute atomic E-state index is 0.118. The molecule has 108 valence electrons. The van der Waals surface area contributed by atoms with Gasteiger partial charge >= 0.3 is 0 Å². The Balaban J connectivity index is 3.22. The van der Waals surface area contributed by atoms with Gasteiger partial charge in [0.2, 0.25) is 10.0 Å². The van der Waals surface area contributed by atoms with Crippen LogP contribution in [-0.4, -0.2) is 32.3 Å². The number of hydrogen-bond acceptors (Lipinski definition) is 3. The molecule has 7 heteroatoms. The van der Waals surface area contributed by atoms with Gasteiger partial charge in [-0.2, -0.15) is 0 Å². The van der Waals surface area contributed by atoms with E-state index in [1.54, 1.807) is 0 Å². The third-order valence-electron chi connectivity index (χ3n) is 2.51. The molecule has 0 saturated heterocycles. The number of carbonyl (C=O) groups excluding carboxylic acids is 1. The van der Waals surface area contributed by atoms with Gasteiger partial charge in [0.1, 0.15) is 0 Å². The fourth-order valence-electron chi connectivity index (χ4n) is 1.67. The second kappa shape index (κ2) is 6.88. The monoisotopic (exact) mass is 358 g/mol. The van der Waals surface area contributed by atoms with Crippen molar-refractivity contribution < 1.29 is 13.2 Å². The van der Waals surface area contributed by atoms with E-state index in [1.807, 2.05) is 6.92 Å². The number of benzene rings is 1. The van der Waals surface area contributed by atoms with Crippen LogP contribution in [0, 0.1) is 12.3 Å². The van der Waals surface area contributed by atoms with Gasteiger partial charge in [0, 0.05) is 16.6 Å². The van der Waals surface area contributed by atoms with E-state index in [9.17, 15) is 13.2 Å². The SMILES string of the molecule is C#CCN(CCC)C(=O)c1cc(Br)cc(S(N)(=O)=O)c1. The highest BCUT2D eigenvalue weighted by molar-refractivity contribution is 9.10. The van der Waals surface area contributed by atoms with Gasteiger partial charge in [-0.3, -0.25) is 4.79 Å². The number of nitrogens with two attached hydrogens (primary N) is 1. The Hall–Kier alpha value is -1.36. The first kappa shape index (κ1) is 16.7. The molecule has 1 aromatic carbocycles. The van der Waals surface area contributed by atoms with Crippen molar-refractivity contribution in [3.63, 3.8) is 0 Å². The zero-order valence-corrected chi connectivity index (χ0v) is 13.4. The highest BCUT2D eigenvalue weighted by Crippen LogP contribution is 2.20. The first-order valence-electron chi connectivity index (χ1n) is 5.85. The molecule has 5 nitrogen and oxygen atoms in total. The molecule has 0 aromatic heterocycles. The maximum atomic E-state index is 12.3. The van der Waals surface area contributed by atoms with Crippen LogP contribution < -0.4 is 5.14 Å². The third kappa shape index (κ3) is 4.34. The number of primary sulfonamides is 1. The maximum absolute atomic E-state index is 12.3. The average Bonchev–Trinajstić information content (AvgIpc) is 2.36. The van der Waals surface area contributed by atoms with Gasteiger partial charge in [0.05, 0.1) is 11.4 Å². The Morgan fingerprint density at radius 2 is 2.10 bits per heavy atom. The second-order valence-electron chi connectivity index (χ2n) is 4.15. The van der Waals surface area contributed by atoms with E-state index in [4.69, 9.17) is 11.6 Å². The summed E-state index contributed by atoms with van der Waals surface area (Å²) in [5.41, 5.74) is 0.229. The molecule has 1 amide bonds. The van der Waals surface area contributed by atoms with Gasteiger partial charge in [0.25, 0.3) is 5.91 Å². The number of terminal acetylenes is 1. The van der Waals surface area contributed by atoms with Gasteiger partial charge in [-0.1, -0.05) is 28.8 Å². The van der Waals surface area contributed by atoms with Crippen LogP contribution in [0.15, 0.2) is 27.6 Å². The van der Waals surface area contributed by atoms with Crippen LogP contribution in [0.1, 0.15) is 23.7 Å². The molecule has 0 aliphatic heterocycles. The first-order chi connectivity index (χ1) is 9.29. The lowest BCUT2D eigenvalue weighted by Gasteiger charge is -2.19. The quantitative estimate of drug-likeness (QED) is 0.811. The minimum atomic E-state index is -3.87. The lowest BCUT2D eigenvalue weighted by molar-refractivity contribution is 0.0776. The topological polar surface area (TPSA) is 80.5 Å². The van der Waals surface area contributed by atoms with Crippen molar-refractivity contribution in [1.82, 2.24) is 4.90 Å². The molecule has 0 radical (unpaired) electrons. The Morgan fingerprint density at radius 3 is 2.60 bits per heavy atom. The standard InChI is InChI=1S/C13H15BrN2O3S/c1-3-5-16(6-4-2)13(17)10-7-11(14)9-12(8-10)20(15,18)19/h1,7-9H,4-6H2,2H3,(H2,15,18,19). The van der Waals surface area contributed by atoms with Crippen molar-refractivity contribution in [2.45, 2.75) is 18.2 Å². The Labute approximate surface area is 127 Å². The summed E-state index contributed by atoms with van der Waals surface area (Å²) in [6.45, 7) is 2.59. The van der Waals surface area contributed by atoms with Gasteiger partial charge in [-0.05, 0) is 24.6 Å². The van der Waals surface area contributed by atoms with E-state index in [1.165, 1.54) is 23.1 Å². The third-order valence-corrected chi connectivity index (χ3v) is 3.86. The maximum Gasteiger partial charge on any atom is 0.254 e. The molecule has 20 heavy (non-hydrogen) atoms. The molecule has 0 spiro atoms. The number of hydrogen-bond donors (Lipinski definition) is 1. The van der Waals surface area contributed by atoms with Crippen molar-refractivity contribution in [2.75, 3.05) is 13.1 Å². The molecule has 0 bridgehead atoms. The largest absolute Gasteiger partial charge is 0.328 e. The van der Waals surface area contributed by atoms with Crippen LogP contribution in [0.3, 0.4) is 0 Å². The number of carbonyl (C=O) groups is 1. The van der Waals surface area contributed by atoms with E-state index < -0.39 is 10.0 Å². The zero-order chi connectivity index (χ0) is 15.3. The number of rotatable bonds is 5. The first-order valence-corrected chi connectivity index (χ1v) is 8.19. The van der Waals surface area contributed by atoms with Crippen molar-refractivity contribution in [2.24, 2.45) is 5.14 Å². The molecule has 2 N–H and O–H groups in total. The smallest absolute Gasteiger partial charge is 0.254 e. The molecule has 0 aliphatic rings. The Bertz CT molecular complexity index is 650. The molecular weight excluding hydrogens is 344 g/mol. The van der Waals surface area contributed by atoms with Crippen LogP contribution in [0.5, 0.6) is 0 Å². The predicted molar refractivity (Wildman–Crippen MR) is 80.5 cm³/mol. The molecule has 0 fully saturated rings. The van der Waals surface area contributed by atoms with Crippen LogP contribution in [-0.2, 0) is 10.0 Å². The fourth-order valence-corrected chi connectivity index (χ4v) is 2.89. The number of halogens is 1. The molecule has 0 atom stereocenters. The van der Waals surface area contributed by atoms with Crippen molar-refractivity contribution in [3.05, 3.63) is 28.2 Å². The molecule has 0 aliphatic carbocycles. The van der Waals surface area contributed by atoms with Crippen LogP contribution in [0.2, 0.25) is 0 Å². The average molecular weight is 359 g/mol. The summed E-state index contributed by atoms with van der Waals surface area (Å²) in [6.07, 6.45) is 5.99. The van der Waals surface area contributed by atoms with E-state index in [0.717, 1.165) is 6.42 Å². The summed E-state index contributed by atoms with van der Waals surface area (Å²) in [5, 5.41) is 5.08. The summed E-state index contributed by atoms with van der Waals surface area (Å²) >= 11 is 3.17. The highest BCUT2D eigenvalue weighted by atomic mass is 79.9. The normalized spacial score (nSPS) is 10.9. The van der Waals surface area contributed by atoms with Crippen molar-refractivity contribution in [1.29, 1.82) is 0 Å². The highest BCUT2D eigenvalue weighted by Gasteiger charge is 2.18. The van der Waals surface area contributed by atoms with Crippen LogP contribution in [0.4, 0.5) is 0 Å².